The van der Waals surface area contributed by atoms with Gasteiger partial charge < -0.3 is 15.5 Å². The van der Waals surface area contributed by atoms with Gasteiger partial charge in [-0.05, 0) is 0 Å². The van der Waals surface area contributed by atoms with Crippen LogP contribution in [0.2, 0.25) is 0 Å². The number of hydrogen-bond donors (Lipinski definition) is 2. The largest absolute Gasteiger partial charge is 0.379 e. The molecule has 0 amide bonds. The van der Waals surface area contributed by atoms with Gasteiger partial charge in [0.1, 0.15) is 5.82 Å². The van der Waals surface area contributed by atoms with Crippen molar-refractivity contribution < 1.29 is 4.74 Å². The number of ether oxygens (including phenoxy) is 1. The first-order chi connectivity index (χ1) is 7.38. The number of nitrogens with zero attached hydrogens (tertiary/aromatic N) is 3. The molecule has 0 aromatic carbocycles. The second-order valence-electron chi connectivity index (χ2n) is 3.25. The standard InChI is InChI=1S/C9H15N5O/c1-10-8-6-11-7-9(12-8)13-14-2-4-15-5-3-14/h6-7H,2-5H2,1H3,(H2,10,12,13). The SMILES string of the molecule is CNc1cncc(NN2CCOCC2)n1. The second kappa shape index (κ2) is 4.90. The zero-order valence-electron chi connectivity index (χ0n) is 8.73. The molecule has 1 aliphatic heterocycles. The highest BCUT2D eigenvalue weighted by Gasteiger charge is 2.10. The van der Waals surface area contributed by atoms with Gasteiger partial charge in [-0.2, -0.15) is 0 Å². The Morgan fingerprint density at radius 3 is 2.73 bits per heavy atom. The lowest BCUT2D eigenvalue weighted by Gasteiger charge is -2.27. The van der Waals surface area contributed by atoms with E-state index in [1.54, 1.807) is 12.4 Å². The third-order valence-electron chi connectivity index (χ3n) is 2.17. The minimum atomic E-state index is 0.753. The number of morpholine rings is 1. The lowest BCUT2D eigenvalue weighted by Crippen LogP contribution is -2.40. The van der Waals surface area contributed by atoms with E-state index in [1.165, 1.54) is 0 Å². The molecule has 6 nitrogen and oxygen atoms in total. The summed E-state index contributed by atoms with van der Waals surface area (Å²) in [5.41, 5.74) is 3.20. The van der Waals surface area contributed by atoms with Crippen molar-refractivity contribution in [3.05, 3.63) is 12.4 Å². The molecule has 0 atom stereocenters. The molecule has 15 heavy (non-hydrogen) atoms. The van der Waals surface area contributed by atoms with Crippen LogP contribution in [0.4, 0.5) is 11.6 Å². The molecule has 0 aliphatic carbocycles. The monoisotopic (exact) mass is 209 g/mol. The van der Waals surface area contributed by atoms with Crippen LogP contribution in [0, 0.1) is 0 Å². The molecular formula is C9H15N5O. The van der Waals surface area contributed by atoms with Crippen LogP contribution in [0.1, 0.15) is 0 Å². The van der Waals surface area contributed by atoms with Crippen molar-refractivity contribution >= 4 is 11.6 Å². The summed E-state index contributed by atoms with van der Waals surface area (Å²) in [6.45, 7) is 3.25. The Kier molecular flexibility index (Phi) is 3.31. The highest BCUT2D eigenvalue weighted by molar-refractivity contribution is 5.40. The normalized spacial score (nSPS) is 17.4. The molecule has 2 N–H and O–H groups in total. The molecule has 1 aliphatic rings. The second-order valence-corrected chi connectivity index (χ2v) is 3.25. The highest BCUT2D eigenvalue weighted by atomic mass is 16.5. The predicted octanol–water partition coefficient (Wildman–Crippen LogP) is 0.177. The van der Waals surface area contributed by atoms with Crippen LogP contribution in [-0.2, 0) is 4.74 Å². The molecule has 2 heterocycles. The van der Waals surface area contributed by atoms with E-state index in [9.17, 15) is 0 Å². The highest BCUT2D eigenvalue weighted by Crippen LogP contribution is 2.07. The number of anilines is 2. The van der Waals surface area contributed by atoms with Gasteiger partial charge in [0.05, 0.1) is 25.6 Å². The maximum absolute atomic E-state index is 5.25. The van der Waals surface area contributed by atoms with Gasteiger partial charge in [0.15, 0.2) is 5.82 Å². The van der Waals surface area contributed by atoms with Gasteiger partial charge in [0.2, 0.25) is 0 Å². The van der Waals surface area contributed by atoms with Crippen LogP contribution in [0.25, 0.3) is 0 Å². The van der Waals surface area contributed by atoms with E-state index in [2.05, 4.69) is 25.7 Å². The van der Waals surface area contributed by atoms with Crippen LogP contribution < -0.4 is 10.7 Å². The van der Waals surface area contributed by atoms with Crippen molar-refractivity contribution in [3.8, 4) is 0 Å². The average molecular weight is 209 g/mol. The Morgan fingerprint density at radius 2 is 2.00 bits per heavy atom. The van der Waals surface area contributed by atoms with Crippen LogP contribution in [0.5, 0.6) is 0 Å². The lowest BCUT2D eigenvalue weighted by molar-refractivity contribution is 0.0495. The number of rotatable bonds is 3. The zero-order chi connectivity index (χ0) is 10.5. The van der Waals surface area contributed by atoms with E-state index < -0.39 is 0 Å². The van der Waals surface area contributed by atoms with E-state index >= 15 is 0 Å². The number of hydrogen-bond acceptors (Lipinski definition) is 6. The minimum Gasteiger partial charge on any atom is -0.379 e. The van der Waals surface area contributed by atoms with Gasteiger partial charge in [0, 0.05) is 20.1 Å². The molecule has 82 valence electrons. The summed E-state index contributed by atoms with van der Waals surface area (Å²) >= 11 is 0. The third kappa shape index (κ3) is 2.77. The van der Waals surface area contributed by atoms with Crippen LogP contribution in [-0.4, -0.2) is 48.3 Å². The number of aromatic nitrogens is 2. The van der Waals surface area contributed by atoms with E-state index in [-0.39, 0.29) is 0 Å². The summed E-state index contributed by atoms with van der Waals surface area (Å²) in [5, 5.41) is 5.02. The molecule has 0 bridgehead atoms. The lowest BCUT2D eigenvalue weighted by atomic mass is 10.5. The van der Waals surface area contributed by atoms with Gasteiger partial charge in [-0.1, -0.05) is 0 Å². The fourth-order valence-electron chi connectivity index (χ4n) is 1.38. The van der Waals surface area contributed by atoms with Crippen molar-refractivity contribution in [2.45, 2.75) is 0 Å². The molecule has 0 radical (unpaired) electrons. The van der Waals surface area contributed by atoms with Crippen molar-refractivity contribution in [3.63, 3.8) is 0 Å². The van der Waals surface area contributed by atoms with Crippen molar-refractivity contribution in [1.29, 1.82) is 0 Å². The minimum absolute atomic E-state index is 0.753. The number of nitrogens with one attached hydrogen (secondary N) is 2. The predicted molar refractivity (Wildman–Crippen MR) is 57.6 cm³/mol. The number of hydrazine groups is 1. The molecular weight excluding hydrogens is 194 g/mol. The Morgan fingerprint density at radius 1 is 1.27 bits per heavy atom. The van der Waals surface area contributed by atoms with Gasteiger partial charge in [-0.25, -0.2) is 9.99 Å². The van der Waals surface area contributed by atoms with E-state index in [0.717, 1.165) is 37.9 Å². The summed E-state index contributed by atoms with van der Waals surface area (Å²) in [5.74, 6) is 1.51. The Labute approximate surface area is 88.6 Å². The molecule has 1 fully saturated rings. The molecule has 2 rings (SSSR count). The molecule has 1 aromatic heterocycles. The maximum atomic E-state index is 5.25. The summed E-state index contributed by atoms with van der Waals surface area (Å²) in [6.07, 6.45) is 3.39. The van der Waals surface area contributed by atoms with E-state index in [0.29, 0.717) is 0 Å². The van der Waals surface area contributed by atoms with Gasteiger partial charge in [0.25, 0.3) is 0 Å². The third-order valence-corrected chi connectivity index (χ3v) is 2.17. The first-order valence-corrected chi connectivity index (χ1v) is 4.97. The van der Waals surface area contributed by atoms with Crippen LogP contribution >= 0.6 is 0 Å². The molecule has 1 aromatic rings. The van der Waals surface area contributed by atoms with Gasteiger partial charge in [-0.3, -0.25) is 4.98 Å². The first-order valence-electron chi connectivity index (χ1n) is 4.97. The van der Waals surface area contributed by atoms with Crippen molar-refractivity contribution in [2.75, 3.05) is 44.1 Å². The Bertz CT molecular complexity index is 313. The molecule has 6 heteroatoms. The summed E-state index contributed by atoms with van der Waals surface area (Å²) in [4.78, 5) is 8.39. The first kappa shape index (κ1) is 10.1. The summed E-state index contributed by atoms with van der Waals surface area (Å²) < 4.78 is 5.25. The zero-order valence-corrected chi connectivity index (χ0v) is 8.73. The fourth-order valence-corrected chi connectivity index (χ4v) is 1.38. The maximum Gasteiger partial charge on any atom is 0.161 e. The molecule has 0 saturated carbocycles. The van der Waals surface area contributed by atoms with E-state index in [4.69, 9.17) is 4.74 Å². The quantitative estimate of drug-likeness (QED) is 0.740. The van der Waals surface area contributed by atoms with Crippen molar-refractivity contribution in [2.24, 2.45) is 0 Å². The Hall–Kier alpha value is -1.40. The van der Waals surface area contributed by atoms with Crippen LogP contribution in [0.3, 0.4) is 0 Å². The fraction of sp³-hybridized carbons (Fsp3) is 0.556. The average Bonchev–Trinajstić information content (AvgIpc) is 2.31. The molecule has 1 saturated heterocycles. The summed E-state index contributed by atoms with van der Waals surface area (Å²) in [6, 6.07) is 0. The summed E-state index contributed by atoms with van der Waals surface area (Å²) in [7, 11) is 1.82. The molecule has 0 unspecified atom stereocenters. The van der Waals surface area contributed by atoms with Gasteiger partial charge in [-0.15, -0.1) is 0 Å². The smallest absolute Gasteiger partial charge is 0.161 e. The van der Waals surface area contributed by atoms with Crippen molar-refractivity contribution in [1.82, 2.24) is 15.0 Å². The Balaban J connectivity index is 1.96. The topological polar surface area (TPSA) is 62.3 Å². The van der Waals surface area contributed by atoms with Gasteiger partial charge >= 0.3 is 0 Å². The van der Waals surface area contributed by atoms with E-state index in [1.807, 2.05) is 7.05 Å². The van der Waals surface area contributed by atoms with Crippen LogP contribution in [0.15, 0.2) is 12.4 Å². The molecule has 0 spiro atoms.